The number of nitrogens with one attached hydrogen (secondary N) is 1. The maximum absolute atomic E-state index is 11.3. The number of H-pyrrole nitrogens is 1. The Kier molecular flexibility index (Phi) is 4.07. The molecule has 0 radical (unpaired) electrons. The molecule has 0 saturated heterocycles. The molecule has 0 bridgehead atoms. The molecule has 0 saturated carbocycles. The van der Waals surface area contributed by atoms with E-state index in [0.717, 1.165) is 11.1 Å². The van der Waals surface area contributed by atoms with E-state index in [1.807, 2.05) is 24.3 Å². The van der Waals surface area contributed by atoms with Gasteiger partial charge >= 0.3 is 11.8 Å². The summed E-state index contributed by atoms with van der Waals surface area (Å²) >= 11 is 0. The minimum Gasteiger partial charge on any atom is -0.478 e. The Balaban J connectivity index is 1.83. The Hall–Kier alpha value is -3.48. The normalized spacial score (nSPS) is 10.5. The van der Waals surface area contributed by atoms with Crippen molar-refractivity contribution in [3.05, 3.63) is 81.8 Å². The van der Waals surface area contributed by atoms with Crippen LogP contribution in [0.2, 0.25) is 0 Å². The van der Waals surface area contributed by atoms with E-state index in [-0.39, 0.29) is 11.4 Å². The fraction of sp³-hybridized carbons (Fsp3) is 0.0588. The zero-order valence-electron chi connectivity index (χ0n) is 12.5. The molecule has 24 heavy (non-hydrogen) atoms. The van der Waals surface area contributed by atoms with E-state index in [2.05, 4.69) is 9.97 Å². The lowest BCUT2D eigenvalue weighted by molar-refractivity contribution is -0.389. The van der Waals surface area contributed by atoms with Crippen LogP contribution in [0.5, 0.6) is 0 Å². The van der Waals surface area contributed by atoms with Crippen LogP contribution in [0, 0.1) is 10.1 Å². The third kappa shape index (κ3) is 3.14. The molecule has 1 aromatic heterocycles. The summed E-state index contributed by atoms with van der Waals surface area (Å²) in [4.78, 5) is 28.0. The Morgan fingerprint density at radius 3 is 2.50 bits per heavy atom. The monoisotopic (exact) mass is 323 g/mol. The highest BCUT2D eigenvalue weighted by molar-refractivity contribution is 5.95. The third-order valence-corrected chi connectivity index (χ3v) is 3.61. The van der Waals surface area contributed by atoms with E-state index in [4.69, 9.17) is 0 Å². The third-order valence-electron chi connectivity index (χ3n) is 3.61. The van der Waals surface area contributed by atoms with Gasteiger partial charge in [0.1, 0.15) is 6.20 Å². The molecule has 0 aliphatic carbocycles. The van der Waals surface area contributed by atoms with Gasteiger partial charge in [-0.2, -0.15) is 0 Å². The zero-order chi connectivity index (χ0) is 17.1. The van der Waals surface area contributed by atoms with E-state index in [1.54, 1.807) is 24.3 Å². The van der Waals surface area contributed by atoms with Gasteiger partial charge in [-0.05, 0) is 27.7 Å². The van der Waals surface area contributed by atoms with Crippen molar-refractivity contribution in [2.75, 3.05) is 0 Å². The Morgan fingerprint density at radius 2 is 1.88 bits per heavy atom. The molecule has 0 amide bonds. The summed E-state index contributed by atoms with van der Waals surface area (Å²) in [6, 6.07) is 14.2. The second kappa shape index (κ2) is 6.33. The van der Waals surface area contributed by atoms with Crippen LogP contribution in [0.15, 0.2) is 54.7 Å². The number of rotatable bonds is 5. The number of imidazole rings is 1. The van der Waals surface area contributed by atoms with Crippen LogP contribution in [0.25, 0.3) is 11.1 Å². The van der Waals surface area contributed by atoms with E-state index >= 15 is 0 Å². The molecule has 0 unspecified atom stereocenters. The van der Waals surface area contributed by atoms with E-state index in [0.29, 0.717) is 17.8 Å². The molecule has 7 nitrogen and oxygen atoms in total. The van der Waals surface area contributed by atoms with Crippen molar-refractivity contribution in [1.29, 1.82) is 0 Å². The minimum absolute atomic E-state index is 0.142. The van der Waals surface area contributed by atoms with Crippen molar-refractivity contribution in [2.45, 2.75) is 6.42 Å². The highest BCUT2D eigenvalue weighted by Crippen LogP contribution is 2.24. The Morgan fingerprint density at radius 1 is 1.17 bits per heavy atom. The van der Waals surface area contributed by atoms with Gasteiger partial charge in [0.25, 0.3) is 0 Å². The number of carbonyl (C=O) groups is 1. The van der Waals surface area contributed by atoms with Gasteiger partial charge in [-0.15, -0.1) is 0 Å². The summed E-state index contributed by atoms with van der Waals surface area (Å²) < 4.78 is 0. The first-order valence-corrected chi connectivity index (χ1v) is 7.14. The number of carboxylic acid groups (broad SMARTS) is 1. The molecule has 0 atom stereocenters. The van der Waals surface area contributed by atoms with Gasteiger partial charge in [-0.1, -0.05) is 42.5 Å². The van der Waals surface area contributed by atoms with Crippen molar-refractivity contribution in [2.24, 2.45) is 0 Å². The average Bonchev–Trinajstić information content (AvgIpc) is 3.04. The van der Waals surface area contributed by atoms with Gasteiger partial charge in [-0.25, -0.2) is 14.8 Å². The van der Waals surface area contributed by atoms with Crippen molar-refractivity contribution in [1.82, 2.24) is 9.97 Å². The summed E-state index contributed by atoms with van der Waals surface area (Å²) in [7, 11) is 0. The van der Waals surface area contributed by atoms with Crippen LogP contribution < -0.4 is 0 Å². The van der Waals surface area contributed by atoms with Gasteiger partial charge in [0, 0.05) is 0 Å². The first-order chi connectivity index (χ1) is 11.5. The number of aromatic nitrogens is 2. The quantitative estimate of drug-likeness (QED) is 0.553. The molecule has 0 aliphatic rings. The van der Waals surface area contributed by atoms with Crippen LogP contribution in [0.1, 0.15) is 21.7 Å². The Labute approximate surface area is 136 Å². The summed E-state index contributed by atoms with van der Waals surface area (Å²) in [6.45, 7) is 0. The lowest BCUT2D eigenvalue weighted by atomic mass is 9.98. The van der Waals surface area contributed by atoms with Crippen LogP contribution in [-0.4, -0.2) is 26.0 Å². The topological polar surface area (TPSA) is 109 Å². The lowest BCUT2D eigenvalue weighted by Gasteiger charge is -2.07. The number of hydrogen-bond acceptors (Lipinski definition) is 4. The van der Waals surface area contributed by atoms with Crippen molar-refractivity contribution < 1.29 is 14.8 Å². The van der Waals surface area contributed by atoms with E-state index < -0.39 is 10.9 Å². The Bertz CT molecular complexity index is 900. The van der Waals surface area contributed by atoms with E-state index in [9.17, 15) is 20.0 Å². The minimum atomic E-state index is -0.974. The first-order valence-electron chi connectivity index (χ1n) is 7.14. The van der Waals surface area contributed by atoms with Crippen LogP contribution in [-0.2, 0) is 6.42 Å². The van der Waals surface area contributed by atoms with Gasteiger partial charge in [0.15, 0.2) is 5.82 Å². The number of carboxylic acids is 1. The highest BCUT2D eigenvalue weighted by Gasteiger charge is 2.12. The van der Waals surface area contributed by atoms with Crippen LogP contribution in [0.4, 0.5) is 5.82 Å². The van der Waals surface area contributed by atoms with Gasteiger partial charge in [0.2, 0.25) is 0 Å². The molecule has 2 aromatic carbocycles. The highest BCUT2D eigenvalue weighted by atomic mass is 16.6. The van der Waals surface area contributed by atoms with Gasteiger partial charge in [-0.3, -0.25) is 0 Å². The van der Waals surface area contributed by atoms with Gasteiger partial charge in [0.05, 0.1) is 12.0 Å². The first kappa shape index (κ1) is 15.4. The molecule has 3 rings (SSSR count). The second-order valence-corrected chi connectivity index (χ2v) is 5.20. The van der Waals surface area contributed by atoms with Crippen molar-refractivity contribution >= 4 is 11.8 Å². The number of hydrogen-bond donors (Lipinski definition) is 2. The predicted octanol–water partition coefficient (Wildman–Crippen LogP) is 3.27. The molecule has 0 fully saturated rings. The average molecular weight is 323 g/mol. The molecule has 0 aliphatic heterocycles. The molecular weight excluding hydrogens is 310 g/mol. The molecule has 120 valence electrons. The molecule has 7 heteroatoms. The smallest absolute Gasteiger partial charge is 0.340 e. The number of nitro groups is 1. The number of benzene rings is 2. The second-order valence-electron chi connectivity index (χ2n) is 5.20. The largest absolute Gasteiger partial charge is 0.478 e. The summed E-state index contributed by atoms with van der Waals surface area (Å²) in [5.41, 5.74) is 2.59. The molecule has 2 N–H and O–H groups in total. The van der Waals surface area contributed by atoms with Crippen molar-refractivity contribution in [3.63, 3.8) is 0 Å². The SMILES string of the molecule is O=C(O)c1ccccc1-c1ccc(Cc2ncc([N+](=O)[O-])[nH]2)cc1. The van der Waals surface area contributed by atoms with Crippen molar-refractivity contribution in [3.8, 4) is 11.1 Å². The lowest BCUT2D eigenvalue weighted by Crippen LogP contribution is -1.99. The predicted molar refractivity (Wildman–Crippen MR) is 86.9 cm³/mol. The standard InChI is InChI=1S/C17H13N3O4/c21-17(22)14-4-2-1-3-13(14)12-7-5-11(6-8-12)9-15-18-10-16(19-15)20(23)24/h1-8,10H,9H2,(H,18,19)(H,21,22). The number of nitrogens with zero attached hydrogens (tertiary/aromatic N) is 2. The number of aromatic carboxylic acids is 1. The number of aromatic amines is 1. The zero-order valence-corrected chi connectivity index (χ0v) is 12.5. The fourth-order valence-corrected chi connectivity index (χ4v) is 2.45. The maximum atomic E-state index is 11.3. The molecule has 1 heterocycles. The van der Waals surface area contributed by atoms with Gasteiger partial charge < -0.3 is 15.2 Å². The molecule has 3 aromatic rings. The maximum Gasteiger partial charge on any atom is 0.340 e. The van der Waals surface area contributed by atoms with Crippen LogP contribution >= 0.6 is 0 Å². The van der Waals surface area contributed by atoms with E-state index in [1.165, 1.54) is 6.20 Å². The summed E-state index contributed by atoms with van der Waals surface area (Å²) in [5, 5.41) is 19.9. The molecule has 0 spiro atoms. The molecular formula is C17H13N3O4. The summed E-state index contributed by atoms with van der Waals surface area (Å²) in [5.74, 6) is -0.616. The fourth-order valence-electron chi connectivity index (χ4n) is 2.45. The van der Waals surface area contributed by atoms with Crippen LogP contribution in [0.3, 0.4) is 0 Å². The summed E-state index contributed by atoms with van der Waals surface area (Å²) in [6.07, 6.45) is 1.61.